The number of carbonyl (C=O) groups excluding carboxylic acids is 2. The Labute approximate surface area is 174 Å². The summed E-state index contributed by atoms with van der Waals surface area (Å²) in [5, 5.41) is 2.94. The number of hydrogen-bond donors (Lipinski definition) is 1. The highest BCUT2D eigenvalue weighted by Crippen LogP contribution is 2.33. The predicted molar refractivity (Wildman–Crippen MR) is 112 cm³/mol. The van der Waals surface area contributed by atoms with Crippen LogP contribution in [0.1, 0.15) is 31.8 Å². The Morgan fingerprint density at radius 1 is 0.900 bits per heavy atom. The first-order chi connectivity index (χ1) is 14.7. The van der Waals surface area contributed by atoms with Gasteiger partial charge >= 0.3 is 0 Å². The predicted octanol–water partition coefficient (Wildman–Crippen LogP) is 3.55. The lowest BCUT2D eigenvalue weighted by Crippen LogP contribution is -2.28. The minimum absolute atomic E-state index is 0.0122. The van der Waals surface area contributed by atoms with E-state index in [4.69, 9.17) is 9.47 Å². The minimum Gasteiger partial charge on any atom is -0.454 e. The van der Waals surface area contributed by atoms with Gasteiger partial charge in [0.1, 0.15) is 0 Å². The molecular weight excluding hydrogens is 380 g/mol. The van der Waals surface area contributed by atoms with E-state index in [1.54, 1.807) is 18.2 Å². The second-order valence-electron chi connectivity index (χ2n) is 7.29. The zero-order valence-electron chi connectivity index (χ0n) is 16.3. The van der Waals surface area contributed by atoms with Crippen LogP contribution in [0.5, 0.6) is 11.5 Å². The third kappa shape index (κ3) is 3.37. The van der Waals surface area contributed by atoms with Crippen LogP contribution >= 0.6 is 0 Å². The summed E-state index contributed by atoms with van der Waals surface area (Å²) in [6.45, 7) is 1.25. The number of nitrogens with zero attached hydrogens (tertiary/aromatic N) is 1. The average Bonchev–Trinajstić information content (AvgIpc) is 3.43. The molecule has 0 unspecified atom stereocenters. The summed E-state index contributed by atoms with van der Waals surface area (Å²) in [6.07, 6.45) is 0.803. The van der Waals surface area contributed by atoms with Gasteiger partial charge in [-0.25, -0.2) is 0 Å². The summed E-state index contributed by atoms with van der Waals surface area (Å²) in [4.78, 5) is 27.1. The summed E-state index contributed by atoms with van der Waals surface area (Å²) < 4.78 is 10.6. The van der Waals surface area contributed by atoms with Crippen molar-refractivity contribution in [1.82, 2.24) is 5.32 Å². The van der Waals surface area contributed by atoms with Gasteiger partial charge in [0.15, 0.2) is 11.5 Å². The molecule has 2 aliphatic rings. The van der Waals surface area contributed by atoms with E-state index in [-0.39, 0.29) is 18.6 Å². The molecule has 0 aromatic heterocycles. The highest BCUT2D eigenvalue weighted by Gasteiger charge is 2.25. The number of hydrogen-bond acceptors (Lipinski definition) is 4. The molecule has 2 amide bonds. The molecule has 0 bridgehead atoms. The molecular formula is C24H20N2O4. The zero-order valence-corrected chi connectivity index (χ0v) is 16.3. The van der Waals surface area contributed by atoms with E-state index >= 15 is 0 Å². The molecule has 3 aromatic rings. The van der Waals surface area contributed by atoms with Crippen LogP contribution in [0, 0.1) is 0 Å². The minimum atomic E-state index is -0.172. The largest absolute Gasteiger partial charge is 0.454 e. The molecule has 30 heavy (non-hydrogen) atoms. The molecule has 6 nitrogen and oxygen atoms in total. The number of nitrogens with one attached hydrogen (secondary N) is 1. The average molecular weight is 400 g/mol. The van der Waals surface area contributed by atoms with Crippen molar-refractivity contribution in [3.8, 4) is 11.5 Å². The van der Waals surface area contributed by atoms with Crippen LogP contribution in [0.4, 0.5) is 5.69 Å². The Morgan fingerprint density at radius 2 is 1.73 bits per heavy atom. The maximum Gasteiger partial charge on any atom is 0.258 e. The van der Waals surface area contributed by atoms with Crippen LogP contribution < -0.4 is 19.7 Å². The van der Waals surface area contributed by atoms with E-state index in [0.717, 1.165) is 23.2 Å². The number of fused-ring (bicyclic) bond motifs is 2. The van der Waals surface area contributed by atoms with E-state index in [9.17, 15) is 9.59 Å². The maximum atomic E-state index is 12.8. The molecule has 0 fully saturated rings. The molecule has 3 aromatic carbocycles. The van der Waals surface area contributed by atoms with E-state index in [1.807, 2.05) is 47.4 Å². The molecule has 0 saturated carbocycles. The maximum absolute atomic E-state index is 12.8. The molecule has 0 atom stereocenters. The van der Waals surface area contributed by atoms with Crippen LogP contribution in [0.3, 0.4) is 0 Å². The molecule has 2 heterocycles. The van der Waals surface area contributed by atoms with Crippen LogP contribution in [-0.4, -0.2) is 25.2 Å². The molecule has 0 aliphatic carbocycles. The third-order valence-electron chi connectivity index (χ3n) is 5.39. The van der Waals surface area contributed by atoms with Gasteiger partial charge in [-0.3, -0.25) is 9.59 Å². The lowest BCUT2D eigenvalue weighted by Gasteiger charge is -2.17. The lowest BCUT2D eigenvalue weighted by atomic mass is 10.1. The number of benzene rings is 3. The monoisotopic (exact) mass is 400 g/mol. The van der Waals surface area contributed by atoms with Gasteiger partial charge in [-0.05, 0) is 53.9 Å². The van der Waals surface area contributed by atoms with Crippen LogP contribution in [-0.2, 0) is 13.0 Å². The Hall–Kier alpha value is -3.80. The normalized spacial score (nSPS) is 13.8. The Kier molecular flexibility index (Phi) is 4.59. The summed E-state index contributed by atoms with van der Waals surface area (Å²) in [5.41, 5.74) is 4.27. The summed E-state index contributed by atoms with van der Waals surface area (Å²) in [5.74, 6) is 1.08. The number of carbonyl (C=O) groups is 2. The Morgan fingerprint density at radius 3 is 2.60 bits per heavy atom. The summed E-state index contributed by atoms with van der Waals surface area (Å²) >= 11 is 0. The third-order valence-corrected chi connectivity index (χ3v) is 5.39. The van der Waals surface area contributed by atoms with Gasteiger partial charge in [-0.2, -0.15) is 0 Å². The number of amides is 2. The Balaban J connectivity index is 1.26. The standard InChI is InChI=1S/C24H20N2O4/c27-23(19-7-9-21-22(13-19)30-15-29-21)25-14-16-6-8-20-18(12-16)10-11-26(20)24(28)17-4-2-1-3-5-17/h1-9,12-13H,10-11,14-15H2,(H,25,27). The van der Waals surface area contributed by atoms with Gasteiger partial charge in [0.25, 0.3) is 11.8 Å². The fraction of sp³-hybridized carbons (Fsp3) is 0.167. The molecule has 0 radical (unpaired) electrons. The topological polar surface area (TPSA) is 67.9 Å². The SMILES string of the molecule is O=C(NCc1ccc2c(c1)CCN2C(=O)c1ccccc1)c1ccc2c(c1)OCO2. The van der Waals surface area contributed by atoms with Crippen molar-refractivity contribution in [2.75, 3.05) is 18.2 Å². The van der Waals surface area contributed by atoms with Gasteiger partial charge in [0.05, 0.1) is 0 Å². The Bertz CT molecular complexity index is 1130. The van der Waals surface area contributed by atoms with Gasteiger partial charge in [0.2, 0.25) is 6.79 Å². The van der Waals surface area contributed by atoms with Crippen molar-refractivity contribution in [2.24, 2.45) is 0 Å². The second-order valence-corrected chi connectivity index (χ2v) is 7.29. The molecule has 0 saturated heterocycles. The number of rotatable bonds is 4. The van der Waals surface area contributed by atoms with Crippen LogP contribution in [0.15, 0.2) is 66.7 Å². The summed E-state index contributed by atoms with van der Waals surface area (Å²) in [7, 11) is 0. The highest BCUT2D eigenvalue weighted by atomic mass is 16.7. The molecule has 2 aliphatic heterocycles. The zero-order chi connectivity index (χ0) is 20.5. The van der Waals surface area contributed by atoms with E-state index in [2.05, 4.69) is 11.4 Å². The number of ether oxygens (including phenoxy) is 2. The van der Waals surface area contributed by atoms with Crippen molar-refractivity contribution in [2.45, 2.75) is 13.0 Å². The molecule has 1 N–H and O–H groups in total. The van der Waals surface area contributed by atoms with Crippen molar-refractivity contribution in [3.63, 3.8) is 0 Å². The first kappa shape index (κ1) is 18.2. The van der Waals surface area contributed by atoms with Crippen molar-refractivity contribution >= 4 is 17.5 Å². The second kappa shape index (κ2) is 7.55. The van der Waals surface area contributed by atoms with E-state index in [1.165, 1.54) is 0 Å². The van der Waals surface area contributed by atoms with Gasteiger partial charge in [-0.1, -0.05) is 30.3 Å². The van der Waals surface area contributed by atoms with E-state index in [0.29, 0.717) is 35.7 Å². The van der Waals surface area contributed by atoms with Gasteiger partial charge in [-0.15, -0.1) is 0 Å². The molecule has 6 heteroatoms. The van der Waals surface area contributed by atoms with Gasteiger partial charge < -0.3 is 19.7 Å². The van der Waals surface area contributed by atoms with Crippen molar-refractivity contribution in [3.05, 3.63) is 89.0 Å². The van der Waals surface area contributed by atoms with Crippen LogP contribution in [0.2, 0.25) is 0 Å². The summed E-state index contributed by atoms with van der Waals surface area (Å²) in [6, 6.07) is 20.4. The first-order valence-electron chi connectivity index (χ1n) is 9.85. The fourth-order valence-electron chi connectivity index (χ4n) is 3.83. The van der Waals surface area contributed by atoms with E-state index < -0.39 is 0 Å². The van der Waals surface area contributed by atoms with Gasteiger partial charge in [0, 0.05) is 29.9 Å². The molecule has 150 valence electrons. The quantitative estimate of drug-likeness (QED) is 0.727. The molecule has 0 spiro atoms. The van der Waals surface area contributed by atoms with Crippen molar-refractivity contribution < 1.29 is 19.1 Å². The molecule has 5 rings (SSSR count). The smallest absolute Gasteiger partial charge is 0.258 e. The fourth-order valence-corrected chi connectivity index (χ4v) is 3.83. The van der Waals surface area contributed by atoms with Crippen molar-refractivity contribution in [1.29, 1.82) is 0 Å². The lowest BCUT2D eigenvalue weighted by molar-refractivity contribution is 0.0949. The highest BCUT2D eigenvalue weighted by molar-refractivity contribution is 6.07. The first-order valence-corrected chi connectivity index (χ1v) is 9.85. The van der Waals surface area contributed by atoms with Crippen LogP contribution in [0.25, 0.3) is 0 Å². The number of anilines is 1.